The molecule has 0 bridgehead atoms. The number of fused-ring (bicyclic) bond motifs is 1. The molecule has 3 aromatic rings. The SMILES string of the molecule is Cc1ccc(-n2c(C[NH3+])nc3ccccc3c2=O)cc1.[Cl-]. The molecule has 1 aromatic heterocycles. The van der Waals surface area contributed by atoms with Crippen LogP contribution in [0.25, 0.3) is 16.6 Å². The number of nitrogens with zero attached hydrogens (tertiary/aromatic N) is 2. The second kappa shape index (κ2) is 6.08. The van der Waals surface area contributed by atoms with E-state index in [1.165, 1.54) is 0 Å². The molecule has 0 amide bonds. The van der Waals surface area contributed by atoms with Crippen LogP contribution >= 0.6 is 0 Å². The molecule has 4 nitrogen and oxygen atoms in total. The molecular formula is C16H16ClN3O. The summed E-state index contributed by atoms with van der Waals surface area (Å²) in [5.41, 5.74) is 6.55. The summed E-state index contributed by atoms with van der Waals surface area (Å²) in [4.78, 5) is 17.2. The van der Waals surface area contributed by atoms with E-state index in [1.54, 1.807) is 4.57 Å². The molecule has 5 heteroatoms. The molecule has 0 atom stereocenters. The van der Waals surface area contributed by atoms with Crippen LogP contribution in [0.5, 0.6) is 0 Å². The average molecular weight is 302 g/mol. The third-order valence-corrected chi connectivity index (χ3v) is 3.36. The number of hydrogen-bond donors (Lipinski definition) is 1. The predicted molar refractivity (Wildman–Crippen MR) is 78.7 cm³/mol. The lowest BCUT2D eigenvalue weighted by Crippen LogP contribution is -3.00. The number of aryl methyl sites for hydroxylation is 1. The first-order valence-electron chi connectivity index (χ1n) is 6.57. The maximum Gasteiger partial charge on any atom is 0.266 e. The summed E-state index contributed by atoms with van der Waals surface area (Å²) >= 11 is 0. The van der Waals surface area contributed by atoms with Crippen molar-refractivity contribution in [3.8, 4) is 5.69 Å². The van der Waals surface area contributed by atoms with Crippen LogP contribution in [0.1, 0.15) is 11.4 Å². The Bertz CT molecular complexity index is 825. The molecule has 0 aliphatic rings. The molecular weight excluding hydrogens is 286 g/mol. The lowest BCUT2D eigenvalue weighted by molar-refractivity contribution is -0.388. The first-order chi connectivity index (χ1) is 9.70. The Morgan fingerprint density at radius 2 is 1.76 bits per heavy atom. The summed E-state index contributed by atoms with van der Waals surface area (Å²) in [6.45, 7) is 2.49. The third kappa shape index (κ3) is 2.68. The fourth-order valence-electron chi connectivity index (χ4n) is 2.31. The van der Waals surface area contributed by atoms with E-state index in [0.29, 0.717) is 17.8 Å². The van der Waals surface area contributed by atoms with Crippen molar-refractivity contribution in [2.75, 3.05) is 0 Å². The van der Waals surface area contributed by atoms with Gasteiger partial charge >= 0.3 is 0 Å². The Morgan fingerprint density at radius 3 is 2.43 bits per heavy atom. The number of para-hydroxylation sites is 1. The molecule has 0 spiro atoms. The Balaban J connectivity index is 0.00000161. The summed E-state index contributed by atoms with van der Waals surface area (Å²) in [6.07, 6.45) is 0. The minimum absolute atomic E-state index is 0. The van der Waals surface area contributed by atoms with Gasteiger partial charge in [0, 0.05) is 0 Å². The summed E-state index contributed by atoms with van der Waals surface area (Å²) in [7, 11) is 0. The van der Waals surface area contributed by atoms with Crippen molar-refractivity contribution in [1.82, 2.24) is 9.55 Å². The van der Waals surface area contributed by atoms with Crippen molar-refractivity contribution < 1.29 is 18.1 Å². The zero-order valence-electron chi connectivity index (χ0n) is 11.7. The molecule has 0 unspecified atom stereocenters. The molecule has 3 N–H and O–H groups in total. The Morgan fingerprint density at radius 1 is 1.10 bits per heavy atom. The van der Waals surface area contributed by atoms with Gasteiger partial charge in [-0.15, -0.1) is 0 Å². The van der Waals surface area contributed by atoms with Crippen molar-refractivity contribution in [3.05, 3.63) is 70.3 Å². The van der Waals surface area contributed by atoms with E-state index in [4.69, 9.17) is 0 Å². The predicted octanol–water partition coefficient (Wildman–Crippen LogP) is -1.56. The van der Waals surface area contributed by atoms with E-state index in [9.17, 15) is 4.79 Å². The zero-order chi connectivity index (χ0) is 14.1. The van der Waals surface area contributed by atoms with Crippen LogP contribution in [0.4, 0.5) is 0 Å². The molecule has 3 rings (SSSR count). The summed E-state index contributed by atoms with van der Waals surface area (Å²) in [6, 6.07) is 15.3. The van der Waals surface area contributed by atoms with E-state index >= 15 is 0 Å². The molecule has 0 saturated heterocycles. The van der Waals surface area contributed by atoms with Gasteiger partial charge in [0.1, 0.15) is 6.54 Å². The first-order valence-corrected chi connectivity index (χ1v) is 6.57. The second-order valence-corrected chi connectivity index (χ2v) is 4.77. The molecule has 1 heterocycles. The topological polar surface area (TPSA) is 62.5 Å². The Hall–Kier alpha value is -2.17. The van der Waals surface area contributed by atoms with Crippen LogP contribution in [0, 0.1) is 6.92 Å². The largest absolute Gasteiger partial charge is 1.00 e. The highest BCUT2D eigenvalue weighted by Gasteiger charge is 2.12. The van der Waals surface area contributed by atoms with E-state index in [1.807, 2.05) is 55.5 Å². The molecule has 21 heavy (non-hydrogen) atoms. The smallest absolute Gasteiger partial charge is 0.266 e. The third-order valence-electron chi connectivity index (χ3n) is 3.36. The van der Waals surface area contributed by atoms with Crippen LogP contribution < -0.4 is 23.7 Å². The highest BCUT2D eigenvalue weighted by molar-refractivity contribution is 5.77. The highest BCUT2D eigenvalue weighted by Crippen LogP contribution is 2.13. The van der Waals surface area contributed by atoms with Gasteiger partial charge in [0.05, 0.1) is 16.6 Å². The van der Waals surface area contributed by atoms with Crippen molar-refractivity contribution in [1.29, 1.82) is 0 Å². The summed E-state index contributed by atoms with van der Waals surface area (Å²) < 4.78 is 1.65. The van der Waals surface area contributed by atoms with Gasteiger partial charge in [-0.3, -0.25) is 9.36 Å². The van der Waals surface area contributed by atoms with E-state index in [0.717, 1.165) is 16.8 Å². The quantitative estimate of drug-likeness (QED) is 0.622. The van der Waals surface area contributed by atoms with Gasteiger partial charge in [0.25, 0.3) is 5.56 Å². The van der Waals surface area contributed by atoms with Crippen molar-refractivity contribution in [3.63, 3.8) is 0 Å². The van der Waals surface area contributed by atoms with Gasteiger partial charge in [-0.25, -0.2) is 4.98 Å². The number of halogens is 1. The normalized spacial score (nSPS) is 10.4. The second-order valence-electron chi connectivity index (χ2n) is 4.77. The zero-order valence-corrected chi connectivity index (χ0v) is 12.5. The van der Waals surface area contributed by atoms with Gasteiger partial charge < -0.3 is 18.1 Å². The van der Waals surface area contributed by atoms with Gasteiger partial charge in [0.15, 0.2) is 5.82 Å². The van der Waals surface area contributed by atoms with Gasteiger partial charge in [-0.1, -0.05) is 29.8 Å². The lowest BCUT2D eigenvalue weighted by Gasteiger charge is -2.11. The van der Waals surface area contributed by atoms with Gasteiger partial charge in [-0.05, 0) is 31.2 Å². The monoisotopic (exact) mass is 301 g/mol. The summed E-state index contributed by atoms with van der Waals surface area (Å²) in [5.74, 6) is 0.678. The lowest BCUT2D eigenvalue weighted by atomic mass is 10.2. The van der Waals surface area contributed by atoms with Crippen LogP contribution in [0.3, 0.4) is 0 Å². The highest BCUT2D eigenvalue weighted by atomic mass is 35.5. The Kier molecular flexibility index (Phi) is 4.40. The fourth-order valence-corrected chi connectivity index (χ4v) is 2.31. The summed E-state index contributed by atoms with van der Waals surface area (Å²) in [5, 5.41) is 0.630. The number of quaternary nitrogens is 1. The molecule has 0 aliphatic carbocycles. The molecule has 0 fully saturated rings. The van der Waals surface area contributed by atoms with Crippen molar-refractivity contribution >= 4 is 10.9 Å². The maximum atomic E-state index is 12.7. The number of rotatable bonds is 2. The standard InChI is InChI=1S/C16H15N3O.ClH/c1-11-6-8-12(9-7-11)19-15(10-17)18-14-5-3-2-4-13(14)16(19)20;/h2-9H,10,17H2,1H3;1H. The number of aromatic nitrogens is 2. The molecule has 108 valence electrons. The minimum atomic E-state index is -0.0434. The van der Waals surface area contributed by atoms with E-state index in [-0.39, 0.29) is 18.0 Å². The maximum absolute atomic E-state index is 12.7. The Labute approximate surface area is 128 Å². The van der Waals surface area contributed by atoms with Crippen LogP contribution in [-0.2, 0) is 6.54 Å². The first kappa shape index (κ1) is 15.2. The van der Waals surface area contributed by atoms with E-state index in [2.05, 4.69) is 10.7 Å². The van der Waals surface area contributed by atoms with Gasteiger partial charge in [0.2, 0.25) is 0 Å². The van der Waals surface area contributed by atoms with Crippen LogP contribution in [-0.4, -0.2) is 9.55 Å². The molecule has 0 radical (unpaired) electrons. The number of hydrogen-bond acceptors (Lipinski definition) is 2. The van der Waals surface area contributed by atoms with E-state index < -0.39 is 0 Å². The van der Waals surface area contributed by atoms with Crippen LogP contribution in [0.2, 0.25) is 0 Å². The fraction of sp³-hybridized carbons (Fsp3) is 0.125. The minimum Gasteiger partial charge on any atom is -1.00 e. The van der Waals surface area contributed by atoms with Crippen molar-refractivity contribution in [2.24, 2.45) is 0 Å². The van der Waals surface area contributed by atoms with Crippen molar-refractivity contribution in [2.45, 2.75) is 13.5 Å². The van der Waals surface area contributed by atoms with Gasteiger partial charge in [-0.2, -0.15) is 0 Å². The average Bonchev–Trinajstić information content (AvgIpc) is 2.48. The molecule has 0 saturated carbocycles. The molecule has 0 aliphatic heterocycles. The van der Waals surface area contributed by atoms with Crippen LogP contribution in [0.15, 0.2) is 53.3 Å². The number of benzene rings is 2. The molecule has 2 aromatic carbocycles.